The monoisotopic (exact) mass is 1080 g/mol. The van der Waals surface area contributed by atoms with E-state index >= 15 is 0 Å². The molecule has 0 saturated heterocycles. The highest BCUT2D eigenvalue weighted by Gasteiger charge is 2.41. The van der Waals surface area contributed by atoms with Crippen LogP contribution in [0.2, 0.25) is 0 Å². The van der Waals surface area contributed by atoms with E-state index in [2.05, 4.69) is 34.9 Å². The zero-order valence-corrected chi connectivity index (χ0v) is 44.2. The number of carbonyl (C=O) groups is 8. The Kier molecular flexibility index (Phi) is 16.9. The Morgan fingerprint density at radius 2 is 0.812 bits per heavy atom. The molecule has 19 heteroatoms. The smallest absolute Gasteiger partial charge is 0.175 e. The maximum Gasteiger partial charge on any atom is 0.175 e. The maximum absolute atomic E-state index is 12.4. The second-order valence-electron chi connectivity index (χ2n) is 20.8. The lowest BCUT2D eigenvalue weighted by molar-refractivity contribution is -0.131. The molecule has 0 atom stereocenters. The second-order valence-corrected chi connectivity index (χ2v) is 20.8. The molecule has 11 rings (SSSR count). The molecule has 4 fully saturated rings. The van der Waals surface area contributed by atoms with Crippen LogP contribution in [0.5, 0.6) is 0 Å². The van der Waals surface area contributed by atoms with Gasteiger partial charge in [0.2, 0.25) is 0 Å². The van der Waals surface area contributed by atoms with Crippen molar-refractivity contribution in [1.29, 1.82) is 0 Å². The summed E-state index contributed by atoms with van der Waals surface area (Å²) in [5, 5.41) is 41.7. The van der Waals surface area contributed by atoms with Crippen molar-refractivity contribution < 1.29 is 58.8 Å². The molecule has 0 unspecified atom stereocenters. The Hall–Kier alpha value is -9.65. The molecule has 0 amide bonds. The summed E-state index contributed by atoms with van der Waals surface area (Å²) >= 11 is 0. The van der Waals surface area contributed by atoms with Crippen LogP contribution in [-0.4, -0.2) is 102 Å². The number of ketones is 8. The molecular weight excluding hydrogens is 1020 g/mol. The van der Waals surface area contributed by atoms with Crippen molar-refractivity contribution in [2.45, 2.75) is 91.9 Å². The van der Waals surface area contributed by atoms with Gasteiger partial charge in [0.25, 0.3) is 0 Å². The Bertz CT molecular complexity index is 3780. The predicted molar refractivity (Wildman–Crippen MR) is 295 cm³/mol. The Balaban J connectivity index is 0.000000141. The fourth-order valence-electron chi connectivity index (χ4n) is 9.33. The summed E-state index contributed by atoms with van der Waals surface area (Å²) in [6, 6.07) is 25.3. The first-order chi connectivity index (χ1) is 38.1. The van der Waals surface area contributed by atoms with Crippen LogP contribution in [0, 0.1) is 10.8 Å². The number of para-hydroxylation sites is 5. The quantitative estimate of drug-likeness (QED) is 0.0724. The van der Waals surface area contributed by atoms with Gasteiger partial charge in [-0.25, -0.2) is 19.9 Å². The molecule has 4 aromatic heterocycles. The SMILES string of the molecule is CC1(C)CC(=O)C(=C(O)c2cnc3ccccc3n2)C(=O)C1.CC1(C)CCC(=O)C(=C(O)c2cnc3ccccc3n2)C1=O.O=C1CCCC(=O)C1=C(O)c1ccc2ccccc2n1.O=C1CCCC(=O)C1=C(O)c1cnccn1. The number of allylic oxidation sites excluding steroid dienone is 4. The van der Waals surface area contributed by atoms with Crippen molar-refractivity contribution in [2.75, 3.05) is 0 Å². The molecule has 4 N–H and O–H groups in total. The van der Waals surface area contributed by atoms with Gasteiger partial charge in [0.15, 0.2) is 69.3 Å². The average Bonchev–Trinajstić information content (AvgIpc) is 3.45. The Morgan fingerprint density at radius 1 is 0.400 bits per heavy atom. The van der Waals surface area contributed by atoms with Gasteiger partial charge in [-0.15, -0.1) is 0 Å². The third kappa shape index (κ3) is 12.7. The van der Waals surface area contributed by atoms with Crippen molar-refractivity contribution in [2.24, 2.45) is 10.8 Å². The molecule has 4 aliphatic carbocycles. The van der Waals surface area contributed by atoms with Crippen LogP contribution in [0.3, 0.4) is 0 Å². The van der Waals surface area contributed by atoms with Gasteiger partial charge >= 0.3 is 0 Å². The molecule has 19 nitrogen and oxygen atoms in total. The van der Waals surface area contributed by atoms with Gasteiger partial charge < -0.3 is 20.4 Å². The van der Waals surface area contributed by atoms with E-state index in [0.717, 1.165) is 5.39 Å². The van der Waals surface area contributed by atoms with E-state index in [1.807, 2.05) is 68.4 Å². The lowest BCUT2D eigenvalue weighted by Crippen LogP contribution is -2.35. The zero-order valence-electron chi connectivity index (χ0n) is 44.2. The van der Waals surface area contributed by atoms with Crippen LogP contribution < -0.4 is 0 Å². The first-order valence-corrected chi connectivity index (χ1v) is 25.7. The van der Waals surface area contributed by atoms with E-state index < -0.39 is 5.41 Å². The van der Waals surface area contributed by atoms with Crippen LogP contribution in [0.25, 0.3) is 56.0 Å². The lowest BCUT2D eigenvalue weighted by Gasteiger charge is -2.28. The molecule has 0 radical (unpaired) electrons. The summed E-state index contributed by atoms with van der Waals surface area (Å²) in [5.74, 6) is -3.99. The van der Waals surface area contributed by atoms with E-state index in [1.165, 1.54) is 31.0 Å². The number of Topliss-reactive ketones (excluding diaryl/α,β-unsaturated/α-hetero) is 8. The first kappa shape index (κ1) is 56.6. The van der Waals surface area contributed by atoms with Crippen molar-refractivity contribution in [1.82, 2.24) is 34.9 Å². The number of aliphatic hydroxyl groups is 4. The van der Waals surface area contributed by atoms with Crippen LogP contribution in [0.1, 0.15) is 115 Å². The third-order valence-electron chi connectivity index (χ3n) is 13.6. The van der Waals surface area contributed by atoms with E-state index in [0.29, 0.717) is 72.5 Å². The summed E-state index contributed by atoms with van der Waals surface area (Å²) in [7, 11) is 0. The summed E-state index contributed by atoms with van der Waals surface area (Å²) in [4.78, 5) is 125. The molecule has 4 saturated carbocycles. The molecule has 0 spiro atoms. The van der Waals surface area contributed by atoms with E-state index in [4.69, 9.17) is 0 Å². The predicted octanol–water partition coefficient (Wildman–Crippen LogP) is 9.61. The van der Waals surface area contributed by atoms with Crippen LogP contribution in [-0.2, 0) is 38.4 Å². The summed E-state index contributed by atoms with van der Waals surface area (Å²) in [6.07, 6.45) is 10.4. The lowest BCUT2D eigenvalue weighted by atomic mass is 9.73. The molecular formula is C61H55N7O12. The van der Waals surface area contributed by atoms with Gasteiger partial charge in [-0.1, -0.05) is 76.2 Å². The highest BCUT2D eigenvalue weighted by Crippen LogP contribution is 2.37. The van der Waals surface area contributed by atoms with Gasteiger partial charge in [-0.2, -0.15) is 0 Å². The third-order valence-corrected chi connectivity index (χ3v) is 13.6. The van der Waals surface area contributed by atoms with Gasteiger partial charge in [0, 0.05) is 68.1 Å². The number of aromatic nitrogens is 7. The second kappa shape index (κ2) is 23.9. The number of carbonyl (C=O) groups excluding carboxylic acids is 8. The number of benzene rings is 3. The van der Waals surface area contributed by atoms with Crippen molar-refractivity contribution in [3.8, 4) is 0 Å². The molecule has 3 aromatic carbocycles. The maximum atomic E-state index is 12.4. The summed E-state index contributed by atoms with van der Waals surface area (Å²) in [5.41, 5.74) is 2.45. The fourth-order valence-corrected chi connectivity index (χ4v) is 9.33. The number of rotatable bonds is 4. The first-order valence-electron chi connectivity index (χ1n) is 25.7. The molecule has 0 aliphatic heterocycles. The molecule has 80 heavy (non-hydrogen) atoms. The van der Waals surface area contributed by atoms with E-state index in [-0.39, 0.29) is 139 Å². The number of hydrogen-bond acceptors (Lipinski definition) is 19. The fraction of sp³-hybridized carbons (Fsp3) is 0.262. The van der Waals surface area contributed by atoms with E-state index in [1.54, 1.807) is 44.2 Å². The minimum Gasteiger partial charge on any atom is -0.505 e. The van der Waals surface area contributed by atoms with Gasteiger partial charge in [-0.3, -0.25) is 53.3 Å². The number of nitrogens with zero attached hydrogens (tertiary/aromatic N) is 7. The molecule has 0 bridgehead atoms. The molecule has 4 heterocycles. The summed E-state index contributed by atoms with van der Waals surface area (Å²) in [6.45, 7) is 7.29. The van der Waals surface area contributed by atoms with Gasteiger partial charge in [-0.05, 0) is 61.1 Å². The normalized spacial score (nSPS) is 17.7. The Morgan fingerprint density at radius 3 is 1.31 bits per heavy atom. The number of fused-ring (bicyclic) bond motifs is 3. The average molecular weight is 1080 g/mol. The van der Waals surface area contributed by atoms with Crippen molar-refractivity contribution in [3.63, 3.8) is 0 Å². The van der Waals surface area contributed by atoms with Crippen molar-refractivity contribution in [3.05, 3.63) is 161 Å². The minimum atomic E-state index is -0.651. The highest BCUT2D eigenvalue weighted by molar-refractivity contribution is 6.28. The van der Waals surface area contributed by atoms with Crippen molar-refractivity contribution >= 4 is 102 Å². The van der Waals surface area contributed by atoms with Crippen LogP contribution >= 0.6 is 0 Å². The van der Waals surface area contributed by atoms with Crippen LogP contribution in [0.4, 0.5) is 0 Å². The summed E-state index contributed by atoms with van der Waals surface area (Å²) < 4.78 is 0. The van der Waals surface area contributed by atoms with Gasteiger partial charge in [0.1, 0.15) is 45.1 Å². The van der Waals surface area contributed by atoms with Gasteiger partial charge in [0.05, 0.1) is 46.2 Å². The standard InChI is InChI=1S/2C17H16N2O3.C16H13NO3.C11H10N2O3/c1-17(2)7-13(20)15(14(21)8-17)16(22)12-9-18-10-5-3-4-6-11(10)19-12;1-17(2)8-7-13(20)14(16(17)22)15(21)12-9-18-10-5-3-4-6-11(10)19-12;18-13-6-3-7-14(19)15(13)16(20)12-9-8-10-4-1-2-5-11(10)17-12;14-8-2-1-3-9(15)10(8)11(16)7-6-12-4-5-13-7/h3-6,9,22H,7-8H2,1-2H3;3-6,9,21H,7-8H2,1-2H3;1-2,4-5,8-9,20H,3,6-7H2;4-6,16H,1-3H2. The number of pyridine rings is 1. The number of hydrogen-bond donors (Lipinski definition) is 4. The minimum absolute atomic E-state index is 0.0981. The number of aliphatic hydroxyl groups excluding tert-OH is 4. The molecule has 7 aromatic rings. The highest BCUT2D eigenvalue weighted by atomic mass is 16.3. The van der Waals surface area contributed by atoms with E-state index in [9.17, 15) is 58.8 Å². The topological polar surface area (TPSA) is 308 Å². The zero-order chi connectivity index (χ0) is 57.5. The Labute approximate surface area is 458 Å². The molecule has 4 aliphatic rings. The van der Waals surface area contributed by atoms with Crippen LogP contribution in [0.15, 0.2) is 138 Å². The molecule has 406 valence electrons. The largest absolute Gasteiger partial charge is 0.505 e.